The Hall–Kier alpha value is -2.61. The van der Waals surface area contributed by atoms with E-state index < -0.39 is 11.3 Å². The van der Waals surface area contributed by atoms with Crippen LogP contribution in [0.1, 0.15) is 11.3 Å². The first-order valence-electron chi connectivity index (χ1n) is 7.97. The Bertz CT molecular complexity index is 1070. The van der Waals surface area contributed by atoms with Gasteiger partial charge in [-0.25, -0.2) is 8.51 Å². The molecular formula is C19H15N3O2S2. The van der Waals surface area contributed by atoms with Crippen molar-refractivity contribution in [2.45, 2.75) is 6.42 Å². The lowest BCUT2D eigenvalue weighted by atomic mass is 10.1. The predicted molar refractivity (Wildman–Crippen MR) is 106 cm³/mol. The number of aromatic nitrogens is 2. The van der Waals surface area contributed by atoms with Gasteiger partial charge in [-0.2, -0.15) is 8.75 Å². The minimum atomic E-state index is -2.26. The zero-order chi connectivity index (χ0) is 17.9. The third-order valence-corrected chi connectivity index (χ3v) is 5.32. The molecule has 1 unspecified atom stereocenters. The van der Waals surface area contributed by atoms with Crippen LogP contribution in [0, 0.1) is 0 Å². The Kier molecular flexibility index (Phi) is 4.75. The average molecular weight is 381 g/mol. The molecule has 7 heteroatoms. The van der Waals surface area contributed by atoms with E-state index in [0.29, 0.717) is 23.6 Å². The summed E-state index contributed by atoms with van der Waals surface area (Å²) in [5.41, 5.74) is 2.35. The molecule has 130 valence electrons. The third kappa shape index (κ3) is 3.37. The molecule has 0 aliphatic heterocycles. The van der Waals surface area contributed by atoms with Crippen molar-refractivity contribution in [1.29, 1.82) is 0 Å². The zero-order valence-electron chi connectivity index (χ0n) is 13.6. The normalized spacial score (nSPS) is 12.2. The highest BCUT2D eigenvalue weighted by Gasteiger charge is 2.23. The fourth-order valence-corrected chi connectivity index (χ4v) is 4.04. The summed E-state index contributed by atoms with van der Waals surface area (Å²) in [5.74, 6) is 0.412. The van der Waals surface area contributed by atoms with Crippen LogP contribution in [0.25, 0.3) is 10.8 Å². The fourth-order valence-electron chi connectivity index (χ4n) is 2.85. The summed E-state index contributed by atoms with van der Waals surface area (Å²) in [6, 6.07) is 23.4. The molecule has 1 aromatic heterocycles. The van der Waals surface area contributed by atoms with Gasteiger partial charge < -0.3 is 0 Å². The van der Waals surface area contributed by atoms with Gasteiger partial charge in [0.05, 0.1) is 17.4 Å². The van der Waals surface area contributed by atoms with Gasteiger partial charge in [0.25, 0.3) is 11.3 Å². The highest BCUT2D eigenvalue weighted by Crippen LogP contribution is 2.31. The lowest BCUT2D eigenvalue weighted by Gasteiger charge is -2.19. The number of anilines is 2. The van der Waals surface area contributed by atoms with Gasteiger partial charge in [-0.1, -0.05) is 60.7 Å². The van der Waals surface area contributed by atoms with Crippen LogP contribution >= 0.6 is 11.7 Å². The van der Waals surface area contributed by atoms with Crippen LogP contribution < -0.4 is 4.31 Å². The van der Waals surface area contributed by atoms with Gasteiger partial charge >= 0.3 is 0 Å². The van der Waals surface area contributed by atoms with E-state index in [1.165, 1.54) is 4.31 Å². The van der Waals surface area contributed by atoms with E-state index in [0.717, 1.165) is 28.1 Å². The summed E-state index contributed by atoms with van der Waals surface area (Å²) in [7, 11) is 0. The second-order valence-electron chi connectivity index (χ2n) is 5.75. The van der Waals surface area contributed by atoms with Crippen LogP contribution in [-0.2, 0) is 17.7 Å². The topological polar surface area (TPSA) is 66.3 Å². The molecule has 4 aromatic rings. The molecule has 0 fully saturated rings. The van der Waals surface area contributed by atoms with E-state index >= 15 is 0 Å². The SMILES string of the molecule is O=S(O)N(c1ccc2ccccc2c1)c1nsnc1Cc1ccccc1. The second-order valence-corrected chi connectivity index (χ2v) is 7.11. The van der Waals surface area contributed by atoms with E-state index in [9.17, 15) is 8.76 Å². The Morgan fingerprint density at radius 2 is 1.65 bits per heavy atom. The number of rotatable bonds is 5. The largest absolute Gasteiger partial charge is 0.289 e. The van der Waals surface area contributed by atoms with Gasteiger partial charge in [-0.3, -0.25) is 4.55 Å². The van der Waals surface area contributed by atoms with Gasteiger partial charge in [-0.15, -0.1) is 0 Å². The van der Waals surface area contributed by atoms with Crippen molar-refractivity contribution in [3.8, 4) is 0 Å². The minimum absolute atomic E-state index is 0.412. The van der Waals surface area contributed by atoms with Gasteiger partial charge in [-0.05, 0) is 28.5 Å². The Morgan fingerprint density at radius 1 is 0.923 bits per heavy atom. The molecule has 3 aromatic carbocycles. The average Bonchev–Trinajstić information content (AvgIpc) is 3.10. The van der Waals surface area contributed by atoms with Crippen molar-refractivity contribution in [2.24, 2.45) is 0 Å². The Labute approximate surface area is 157 Å². The van der Waals surface area contributed by atoms with E-state index in [4.69, 9.17) is 0 Å². The van der Waals surface area contributed by atoms with E-state index in [1.807, 2.05) is 72.8 Å². The molecule has 0 saturated carbocycles. The maximum absolute atomic E-state index is 12.1. The van der Waals surface area contributed by atoms with Crippen molar-refractivity contribution in [3.63, 3.8) is 0 Å². The highest BCUT2D eigenvalue weighted by molar-refractivity contribution is 7.81. The molecule has 0 spiro atoms. The van der Waals surface area contributed by atoms with Crippen molar-refractivity contribution in [3.05, 3.63) is 84.1 Å². The molecule has 0 radical (unpaired) electrons. The standard InChI is InChI=1S/C19H15N3O2S2/c23-26(24)22(17-11-10-15-8-4-5-9-16(15)13-17)19-18(20-25-21-19)12-14-6-2-1-3-7-14/h1-11,13H,12H2,(H,23,24). The van der Waals surface area contributed by atoms with E-state index in [-0.39, 0.29) is 0 Å². The van der Waals surface area contributed by atoms with Crippen LogP contribution in [0.15, 0.2) is 72.8 Å². The molecule has 26 heavy (non-hydrogen) atoms. The Morgan fingerprint density at radius 3 is 2.42 bits per heavy atom. The summed E-state index contributed by atoms with van der Waals surface area (Å²) in [6.07, 6.45) is 0.550. The van der Waals surface area contributed by atoms with E-state index in [2.05, 4.69) is 8.75 Å². The maximum atomic E-state index is 12.1. The van der Waals surface area contributed by atoms with Crippen LogP contribution in [0.3, 0.4) is 0 Å². The molecule has 0 bridgehead atoms. The minimum Gasteiger partial charge on any atom is -0.289 e. The summed E-state index contributed by atoms with van der Waals surface area (Å²) in [5, 5.41) is 2.06. The van der Waals surface area contributed by atoms with Crippen LogP contribution in [0.4, 0.5) is 11.5 Å². The summed E-state index contributed by atoms with van der Waals surface area (Å²) in [6.45, 7) is 0. The molecule has 0 saturated heterocycles. The zero-order valence-corrected chi connectivity index (χ0v) is 15.3. The second kappa shape index (κ2) is 7.33. The molecule has 0 amide bonds. The quantitative estimate of drug-likeness (QED) is 0.515. The van der Waals surface area contributed by atoms with Crippen molar-refractivity contribution in [1.82, 2.24) is 8.75 Å². The summed E-state index contributed by atoms with van der Waals surface area (Å²) < 4.78 is 32.0. The third-order valence-electron chi connectivity index (χ3n) is 4.07. The summed E-state index contributed by atoms with van der Waals surface area (Å²) >= 11 is -1.22. The van der Waals surface area contributed by atoms with Crippen molar-refractivity contribution in [2.75, 3.05) is 4.31 Å². The molecule has 1 atom stereocenters. The number of benzene rings is 3. The highest BCUT2D eigenvalue weighted by atomic mass is 32.2. The number of hydrogen-bond acceptors (Lipinski definition) is 4. The first-order valence-corrected chi connectivity index (χ1v) is 9.77. The lowest BCUT2D eigenvalue weighted by Crippen LogP contribution is -2.21. The molecule has 1 N–H and O–H groups in total. The number of hydrogen-bond donors (Lipinski definition) is 1. The number of nitrogens with zero attached hydrogens (tertiary/aromatic N) is 3. The summed E-state index contributed by atoms with van der Waals surface area (Å²) in [4.78, 5) is 0. The molecule has 0 aliphatic rings. The van der Waals surface area contributed by atoms with Crippen LogP contribution in [0.5, 0.6) is 0 Å². The van der Waals surface area contributed by atoms with Crippen molar-refractivity contribution >= 4 is 45.3 Å². The molecule has 4 rings (SSSR count). The molecule has 1 heterocycles. The monoisotopic (exact) mass is 381 g/mol. The molecule has 0 aliphatic carbocycles. The van der Waals surface area contributed by atoms with Gasteiger partial charge in [0.15, 0.2) is 5.82 Å². The van der Waals surface area contributed by atoms with Gasteiger partial charge in [0.2, 0.25) is 0 Å². The van der Waals surface area contributed by atoms with Gasteiger partial charge in [0, 0.05) is 6.42 Å². The predicted octanol–water partition coefficient (Wildman–Crippen LogP) is 4.56. The lowest BCUT2D eigenvalue weighted by molar-refractivity contribution is 0.564. The molecule has 5 nitrogen and oxygen atoms in total. The first-order chi connectivity index (χ1) is 12.7. The molecular weight excluding hydrogens is 366 g/mol. The van der Waals surface area contributed by atoms with Crippen LogP contribution in [0.2, 0.25) is 0 Å². The first kappa shape index (κ1) is 16.8. The maximum Gasteiger partial charge on any atom is 0.267 e. The smallest absolute Gasteiger partial charge is 0.267 e. The van der Waals surface area contributed by atoms with Gasteiger partial charge in [0.1, 0.15) is 5.69 Å². The van der Waals surface area contributed by atoms with E-state index in [1.54, 1.807) is 0 Å². The van der Waals surface area contributed by atoms with Crippen LogP contribution in [-0.4, -0.2) is 17.5 Å². The fraction of sp³-hybridized carbons (Fsp3) is 0.0526. The Balaban J connectivity index is 1.75. The van der Waals surface area contributed by atoms with Crippen molar-refractivity contribution < 1.29 is 8.76 Å². The number of fused-ring (bicyclic) bond motifs is 1.